The molecule has 0 aromatic carbocycles. The Kier molecular flexibility index (Phi) is 4.26. The van der Waals surface area contributed by atoms with Gasteiger partial charge in [-0.1, -0.05) is 5.11 Å². The summed E-state index contributed by atoms with van der Waals surface area (Å²) in [5, 5.41) is 18.1. The molecule has 2 fully saturated rings. The summed E-state index contributed by atoms with van der Waals surface area (Å²) in [7, 11) is 0. The number of hydrogen-bond donors (Lipinski definition) is 4. The van der Waals surface area contributed by atoms with Gasteiger partial charge < -0.3 is 21.5 Å². The molecule has 10 heteroatoms. The first-order valence-corrected chi connectivity index (χ1v) is 7.28. The predicted octanol–water partition coefficient (Wildman–Crippen LogP) is 0.372. The number of nitrogens with two attached hydrogens (primary N) is 1. The quantitative estimate of drug-likeness (QED) is 0.241. The lowest BCUT2D eigenvalue weighted by atomic mass is 9.99. The molecule has 20 heavy (non-hydrogen) atoms. The van der Waals surface area contributed by atoms with Crippen molar-refractivity contribution < 1.29 is 14.7 Å². The number of urea groups is 1. The molecule has 0 aromatic heterocycles. The van der Waals surface area contributed by atoms with Gasteiger partial charge in [-0.25, -0.2) is 4.79 Å². The smallest absolute Gasteiger partial charge is 0.329 e. The van der Waals surface area contributed by atoms with E-state index in [0.717, 1.165) is 5.75 Å². The summed E-state index contributed by atoms with van der Waals surface area (Å²) < 4.78 is 0. The third kappa shape index (κ3) is 2.92. The van der Waals surface area contributed by atoms with Crippen molar-refractivity contribution in [1.82, 2.24) is 10.6 Å². The zero-order chi connectivity index (χ0) is 14.8. The molecule has 0 radical (unpaired) electrons. The molecule has 0 spiro atoms. The number of carboxylic acid groups (broad SMARTS) is 1. The minimum atomic E-state index is -1.89. The Morgan fingerprint density at radius 3 is 3.05 bits per heavy atom. The highest BCUT2D eigenvalue weighted by Crippen LogP contribution is 2.33. The van der Waals surface area contributed by atoms with Crippen molar-refractivity contribution in [2.24, 2.45) is 10.8 Å². The Labute approximate surface area is 119 Å². The minimum Gasteiger partial charge on any atom is -0.480 e. The molecule has 110 valence electrons. The molecule has 0 bridgehead atoms. The molecule has 1 unspecified atom stereocenters. The molecule has 9 nitrogen and oxygen atoms in total. The maximum Gasteiger partial charge on any atom is 0.329 e. The molecule has 0 saturated carbocycles. The number of azide groups is 1. The summed E-state index contributed by atoms with van der Waals surface area (Å²) in [5.74, 6) is -0.486. The number of carboxylic acids is 1. The fourth-order valence-corrected chi connectivity index (χ4v) is 4.04. The van der Waals surface area contributed by atoms with E-state index in [4.69, 9.17) is 16.4 Å². The van der Waals surface area contributed by atoms with Gasteiger partial charge in [0.2, 0.25) is 0 Å². The lowest BCUT2D eigenvalue weighted by Crippen LogP contribution is -2.46. The van der Waals surface area contributed by atoms with Crippen LogP contribution in [0, 0.1) is 0 Å². The monoisotopic (exact) mass is 300 g/mol. The third-order valence-electron chi connectivity index (χ3n) is 3.58. The third-order valence-corrected chi connectivity index (χ3v) is 5.09. The normalized spacial score (nSPS) is 30.6. The summed E-state index contributed by atoms with van der Waals surface area (Å²) in [5.41, 5.74) is 12.0. The van der Waals surface area contributed by atoms with Crippen LogP contribution in [0.4, 0.5) is 4.79 Å². The van der Waals surface area contributed by atoms with Crippen molar-refractivity contribution in [3.63, 3.8) is 0 Å². The fourth-order valence-electron chi connectivity index (χ4n) is 2.50. The first-order valence-electron chi connectivity index (χ1n) is 6.23. The number of fused-ring (bicyclic) bond motifs is 1. The number of nitrogens with zero attached hydrogens (tertiary/aromatic N) is 3. The van der Waals surface area contributed by atoms with Gasteiger partial charge >= 0.3 is 12.0 Å². The van der Waals surface area contributed by atoms with Gasteiger partial charge in [0.05, 0.1) is 12.1 Å². The molecule has 2 heterocycles. The highest BCUT2D eigenvalue weighted by atomic mass is 32.2. The lowest BCUT2D eigenvalue weighted by molar-refractivity contribution is -0.143. The fraction of sp³-hybridized carbons (Fsp3) is 0.800. The summed E-state index contributed by atoms with van der Waals surface area (Å²) in [4.78, 5) is 24.7. The van der Waals surface area contributed by atoms with E-state index in [1.54, 1.807) is 11.8 Å². The van der Waals surface area contributed by atoms with Crippen molar-refractivity contribution in [2.75, 3.05) is 5.75 Å². The Balaban J connectivity index is 1.85. The average molecular weight is 300 g/mol. The van der Waals surface area contributed by atoms with E-state index in [1.807, 2.05) is 0 Å². The maximum absolute atomic E-state index is 11.2. The summed E-state index contributed by atoms with van der Waals surface area (Å²) >= 11 is 1.74. The van der Waals surface area contributed by atoms with E-state index in [0.29, 0.717) is 12.8 Å². The van der Waals surface area contributed by atoms with E-state index in [-0.39, 0.29) is 29.8 Å². The molecular weight excluding hydrogens is 284 g/mol. The van der Waals surface area contributed by atoms with Gasteiger partial charge in [-0.15, -0.1) is 0 Å². The van der Waals surface area contributed by atoms with E-state index in [9.17, 15) is 9.59 Å². The van der Waals surface area contributed by atoms with Gasteiger partial charge in [0.1, 0.15) is 0 Å². The molecule has 0 aliphatic carbocycles. The highest BCUT2D eigenvalue weighted by molar-refractivity contribution is 8.00. The van der Waals surface area contributed by atoms with Crippen molar-refractivity contribution in [3.05, 3.63) is 10.4 Å². The number of hydrogen-bond acceptors (Lipinski definition) is 5. The number of carbonyl (C=O) groups is 2. The van der Waals surface area contributed by atoms with Crippen LogP contribution in [0.5, 0.6) is 0 Å². The van der Waals surface area contributed by atoms with Crippen LogP contribution >= 0.6 is 11.8 Å². The first kappa shape index (κ1) is 14.8. The Bertz CT molecular complexity index is 464. The summed E-state index contributed by atoms with van der Waals surface area (Å²) in [6.07, 6.45) is 1.29. The Hall–Kier alpha value is -1.64. The second kappa shape index (κ2) is 5.78. The zero-order valence-corrected chi connectivity index (χ0v) is 11.5. The largest absolute Gasteiger partial charge is 0.480 e. The second-order valence-electron chi connectivity index (χ2n) is 4.93. The zero-order valence-electron chi connectivity index (χ0n) is 10.7. The summed E-state index contributed by atoms with van der Waals surface area (Å²) in [6, 6.07) is 0.0544. The number of carbonyl (C=O) groups excluding carboxylic acids is 1. The molecule has 2 rings (SSSR count). The van der Waals surface area contributed by atoms with Gasteiger partial charge in [-0.05, 0) is 24.8 Å². The number of rotatable bonds is 6. The van der Waals surface area contributed by atoms with Gasteiger partial charge in [0, 0.05) is 15.9 Å². The topological polar surface area (TPSA) is 153 Å². The maximum atomic E-state index is 11.2. The van der Waals surface area contributed by atoms with E-state index in [2.05, 4.69) is 20.7 Å². The Morgan fingerprint density at radius 1 is 1.65 bits per heavy atom. The molecule has 4 atom stereocenters. The molecular formula is C10H16N6O3S. The summed E-state index contributed by atoms with van der Waals surface area (Å²) in [6.45, 7) is 0. The highest BCUT2D eigenvalue weighted by Gasteiger charge is 2.43. The number of nitrogens with one attached hydrogen (secondary N) is 2. The standard InChI is InChI=1S/C10H16N6O3S/c11-10(8(17)18,15-16-12)3-1-2-6-7-5(4-20-6)13-9(19)14-7/h5-7H,1-4,11H2,(H,17,18)(H2,13,14,19)/t5-,6-,7-,10?/m0/s1. The average Bonchev–Trinajstić information content (AvgIpc) is 2.90. The van der Waals surface area contributed by atoms with Crippen LogP contribution in [0.15, 0.2) is 5.11 Å². The van der Waals surface area contributed by atoms with Gasteiger partial charge in [-0.3, -0.25) is 4.79 Å². The molecule has 2 aliphatic heterocycles. The van der Waals surface area contributed by atoms with Crippen LogP contribution in [0.3, 0.4) is 0 Å². The molecule has 0 aromatic rings. The van der Waals surface area contributed by atoms with Crippen LogP contribution in [0.2, 0.25) is 0 Å². The minimum absolute atomic E-state index is 0.0716. The van der Waals surface area contributed by atoms with Crippen molar-refractivity contribution >= 4 is 23.8 Å². The van der Waals surface area contributed by atoms with Crippen molar-refractivity contribution in [3.8, 4) is 0 Å². The van der Waals surface area contributed by atoms with Crippen LogP contribution in [0.25, 0.3) is 10.4 Å². The predicted molar refractivity (Wildman–Crippen MR) is 73.0 cm³/mol. The van der Waals surface area contributed by atoms with Crippen molar-refractivity contribution in [1.29, 1.82) is 0 Å². The molecule has 2 amide bonds. The van der Waals surface area contributed by atoms with Gasteiger partial charge in [-0.2, -0.15) is 11.8 Å². The SMILES string of the molecule is [N-]=[N+]=NC(N)(CCC[C@@H]1SC[C@@H]2NC(=O)N[C@@H]21)C(=O)O. The number of aliphatic carboxylic acids is 1. The lowest BCUT2D eigenvalue weighted by Gasteiger charge is -2.21. The van der Waals surface area contributed by atoms with Crippen LogP contribution in [0.1, 0.15) is 19.3 Å². The Morgan fingerprint density at radius 2 is 2.40 bits per heavy atom. The molecule has 2 aliphatic rings. The second-order valence-corrected chi connectivity index (χ2v) is 6.21. The number of amides is 2. The van der Waals surface area contributed by atoms with Crippen molar-refractivity contribution in [2.45, 2.75) is 42.3 Å². The molecule has 5 N–H and O–H groups in total. The van der Waals surface area contributed by atoms with Gasteiger partial charge in [0.15, 0.2) is 5.66 Å². The van der Waals surface area contributed by atoms with Crippen LogP contribution < -0.4 is 16.4 Å². The van der Waals surface area contributed by atoms with Gasteiger partial charge in [0.25, 0.3) is 0 Å². The molecule has 2 saturated heterocycles. The van der Waals surface area contributed by atoms with Crippen LogP contribution in [-0.4, -0.2) is 45.9 Å². The number of thioether (sulfide) groups is 1. The first-order chi connectivity index (χ1) is 9.46. The van der Waals surface area contributed by atoms with E-state index < -0.39 is 11.6 Å². The van der Waals surface area contributed by atoms with Crippen LogP contribution in [-0.2, 0) is 4.79 Å². The van der Waals surface area contributed by atoms with E-state index >= 15 is 0 Å². The van der Waals surface area contributed by atoms with E-state index in [1.165, 1.54) is 0 Å².